The Hall–Kier alpha value is -0.535. The Balaban J connectivity index is 2.21. The second-order valence-electron chi connectivity index (χ2n) is 3.87. The fourth-order valence-electron chi connectivity index (χ4n) is 1.92. The first-order chi connectivity index (χ1) is 7.31. The molecule has 0 amide bonds. The van der Waals surface area contributed by atoms with E-state index in [0.29, 0.717) is 0 Å². The fraction of sp³-hybridized carbons (Fsp3) is 0.417. The molecule has 0 aliphatic carbocycles. The standard InChI is InChI=1S/C12H16BNS/c1-15-12-5-4-10(3-2-7-13)9-11(12)6-8-14-15/h4-5,9,14H,1-3,6-8H2. The molecule has 1 atom stereocenters. The maximum absolute atomic E-state index is 5.52. The monoisotopic (exact) mass is 217 g/mol. The lowest BCUT2D eigenvalue weighted by Crippen LogP contribution is -2.17. The van der Waals surface area contributed by atoms with E-state index in [1.165, 1.54) is 16.0 Å². The van der Waals surface area contributed by atoms with Crippen LogP contribution in [0.1, 0.15) is 17.5 Å². The zero-order valence-electron chi connectivity index (χ0n) is 8.96. The first-order valence-corrected chi connectivity index (χ1v) is 6.80. The highest BCUT2D eigenvalue weighted by Gasteiger charge is 2.10. The molecular formula is C12H16BNS. The summed E-state index contributed by atoms with van der Waals surface area (Å²) in [7, 11) is 5.51. The van der Waals surface area contributed by atoms with E-state index in [0.717, 1.165) is 32.1 Å². The summed E-state index contributed by atoms with van der Waals surface area (Å²) in [5.74, 6) is 4.13. The minimum atomic E-state index is -0.00382. The molecular weight excluding hydrogens is 201 g/mol. The summed E-state index contributed by atoms with van der Waals surface area (Å²) in [6.07, 6.45) is 4.08. The molecule has 0 spiro atoms. The van der Waals surface area contributed by atoms with E-state index >= 15 is 0 Å². The van der Waals surface area contributed by atoms with Gasteiger partial charge < -0.3 is 0 Å². The molecule has 0 fully saturated rings. The predicted octanol–water partition coefficient (Wildman–Crippen LogP) is 2.33. The molecule has 0 saturated heterocycles. The molecule has 1 N–H and O–H groups in total. The van der Waals surface area contributed by atoms with Crippen molar-refractivity contribution in [3.63, 3.8) is 0 Å². The van der Waals surface area contributed by atoms with Crippen molar-refractivity contribution in [2.45, 2.75) is 30.5 Å². The van der Waals surface area contributed by atoms with Gasteiger partial charge in [0, 0.05) is 11.4 Å². The minimum Gasteiger partial charge on any atom is -0.266 e. The molecule has 1 aromatic rings. The summed E-state index contributed by atoms with van der Waals surface area (Å²) in [6, 6.07) is 6.77. The van der Waals surface area contributed by atoms with Crippen LogP contribution < -0.4 is 4.72 Å². The van der Waals surface area contributed by atoms with E-state index in [-0.39, 0.29) is 10.7 Å². The third kappa shape index (κ3) is 2.53. The van der Waals surface area contributed by atoms with Crippen LogP contribution in [0.2, 0.25) is 6.32 Å². The molecule has 3 heteroatoms. The molecule has 1 aliphatic rings. The van der Waals surface area contributed by atoms with Gasteiger partial charge in [0.2, 0.25) is 0 Å². The summed E-state index contributed by atoms with van der Waals surface area (Å²) in [5.41, 5.74) is 2.89. The quantitative estimate of drug-likeness (QED) is 0.605. The normalized spacial score (nSPS) is 19.9. The van der Waals surface area contributed by atoms with Gasteiger partial charge in [-0.05, 0) is 30.0 Å². The van der Waals surface area contributed by atoms with Crippen LogP contribution in [0.15, 0.2) is 23.1 Å². The predicted molar refractivity (Wildman–Crippen MR) is 70.0 cm³/mol. The third-order valence-electron chi connectivity index (χ3n) is 2.73. The Labute approximate surface area is 95.7 Å². The maximum Gasteiger partial charge on any atom is 0.0653 e. The Morgan fingerprint density at radius 1 is 1.47 bits per heavy atom. The second kappa shape index (κ2) is 5.00. The van der Waals surface area contributed by atoms with Crippen LogP contribution in [0.3, 0.4) is 0 Å². The number of rotatable bonds is 3. The molecule has 1 aromatic carbocycles. The van der Waals surface area contributed by atoms with Crippen LogP contribution in [0.5, 0.6) is 0 Å². The molecule has 2 radical (unpaired) electrons. The average Bonchev–Trinajstić information content (AvgIpc) is 2.26. The van der Waals surface area contributed by atoms with Gasteiger partial charge in [-0.2, -0.15) is 0 Å². The van der Waals surface area contributed by atoms with E-state index < -0.39 is 0 Å². The number of hydrogen-bond acceptors (Lipinski definition) is 1. The Kier molecular flexibility index (Phi) is 3.65. The van der Waals surface area contributed by atoms with Crippen LogP contribution in [0.25, 0.3) is 0 Å². The zero-order valence-corrected chi connectivity index (χ0v) is 9.78. The van der Waals surface area contributed by atoms with Gasteiger partial charge in [0.1, 0.15) is 0 Å². The summed E-state index contributed by atoms with van der Waals surface area (Å²) < 4.78 is 3.40. The van der Waals surface area contributed by atoms with Crippen molar-refractivity contribution >= 4 is 24.4 Å². The molecule has 15 heavy (non-hydrogen) atoms. The van der Waals surface area contributed by atoms with Crippen molar-refractivity contribution < 1.29 is 0 Å². The lowest BCUT2D eigenvalue weighted by molar-refractivity contribution is 0.850. The van der Waals surface area contributed by atoms with Crippen molar-refractivity contribution in [2.24, 2.45) is 0 Å². The van der Waals surface area contributed by atoms with Crippen LogP contribution in [-0.2, 0) is 12.8 Å². The van der Waals surface area contributed by atoms with Crippen molar-refractivity contribution in [3.8, 4) is 0 Å². The Morgan fingerprint density at radius 3 is 3.13 bits per heavy atom. The van der Waals surface area contributed by atoms with Gasteiger partial charge in [0.15, 0.2) is 0 Å². The highest BCUT2D eigenvalue weighted by Crippen LogP contribution is 2.29. The topological polar surface area (TPSA) is 12.0 Å². The van der Waals surface area contributed by atoms with Gasteiger partial charge in [0.25, 0.3) is 0 Å². The van der Waals surface area contributed by atoms with E-state index in [4.69, 9.17) is 7.85 Å². The molecule has 1 unspecified atom stereocenters. The van der Waals surface area contributed by atoms with Crippen molar-refractivity contribution in [1.29, 1.82) is 0 Å². The van der Waals surface area contributed by atoms with E-state index in [1.54, 1.807) is 0 Å². The molecule has 78 valence electrons. The Bertz CT molecular complexity index is 376. The molecule has 0 aromatic heterocycles. The molecule has 1 heterocycles. The SMILES string of the molecule is [B]CCCc1ccc2c(c1)CCNS2=C. The second-order valence-corrected chi connectivity index (χ2v) is 5.38. The number of fused-ring (bicyclic) bond motifs is 1. The van der Waals surface area contributed by atoms with Gasteiger partial charge in [-0.3, -0.25) is 4.72 Å². The number of aryl methyl sites for hydroxylation is 1. The molecule has 0 bridgehead atoms. The first kappa shape index (κ1) is 11.0. The molecule has 1 nitrogen and oxygen atoms in total. The summed E-state index contributed by atoms with van der Waals surface area (Å²) in [5, 5.41) is 0. The summed E-state index contributed by atoms with van der Waals surface area (Å²) in [6.45, 7) is 1.06. The van der Waals surface area contributed by atoms with Crippen molar-refractivity contribution in [3.05, 3.63) is 29.3 Å². The van der Waals surface area contributed by atoms with E-state index in [9.17, 15) is 0 Å². The average molecular weight is 217 g/mol. The Morgan fingerprint density at radius 2 is 2.33 bits per heavy atom. The minimum absolute atomic E-state index is 0.00382. The van der Waals surface area contributed by atoms with Crippen LogP contribution in [0.4, 0.5) is 0 Å². The lowest BCUT2D eigenvalue weighted by atomic mass is 9.96. The highest BCUT2D eigenvalue weighted by molar-refractivity contribution is 8.12. The molecule has 1 aliphatic heterocycles. The third-order valence-corrected chi connectivity index (χ3v) is 4.21. The van der Waals surface area contributed by atoms with E-state index in [1.807, 2.05) is 0 Å². The van der Waals surface area contributed by atoms with Gasteiger partial charge in [-0.15, -0.1) is 0 Å². The van der Waals surface area contributed by atoms with Gasteiger partial charge >= 0.3 is 0 Å². The summed E-state index contributed by atoms with van der Waals surface area (Å²) >= 11 is 0. The highest BCUT2D eigenvalue weighted by atomic mass is 32.2. The number of nitrogens with one attached hydrogen (secondary N) is 1. The first-order valence-electron chi connectivity index (χ1n) is 5.40. The van der Waals surface area contributed by atoms with Crippen molar-refractivity contribution in [2.75, 3.05) is 6.54 Å². The van der Waals surface area contributed by atoms with Gasteiger partial charge in [-0.1, -0.05) is 41.4 Å². The van der Waals surface area contributed by atoms with Crippen LogP contribution in [0, 0.1) is 0 Å². The van der Waals surface area contributed by atoms with E-state index in [2.05, 4.69) is 28.8 Å². The lowest BCUT2D eigenvalue weighted by Gasteiger charge is -2.21. The zero-order chi connectivity index (χ0) is 10.7. The van der Waals surface area contributed by atoms with Gasteiger partial charge in [-0.25, -0.2) is 0 Å². The largest absolute Gasteiger partial charge is 0.266 e. The van der Waals surface area contributed by atoms with Crippen LogP contribution in [-0.4, -0.2) is 20.3 Å². The fourth-order valence-corrected chi connectivity index (χ4v) is 3.13. The molecule has 2 rings (SSSR count). The molecule has 0 saturated carbocycles. The van der Waals surface area contributed by atoms with Crippen molar-refractivity contribution in [1.82, 2.24) is 4.72 Å². The van der Waals surface area contributed by atoms with Gasteiger partial charge in [0.05, 0.1) is 7.85 Å². The number of hydrogen-bond donors (Lipinski definition) is 1. The maximum atomic E-state index is 5.52. The summed E-state index contributed by atoms with van der Waals surface area (Å²) in [4.78, 5) is 1.39. The smallest absolute Gasteiger partial charge is 0.0653 e. The van der Waals surface area contributed by atoms with Crippen LogP contribution >= 0.6 is 10.7 Å². The number of benzene rings is 1.